The Morgan fingerprint density at radius 3 is 2.80 bits per heavy atom. The smallest absolute Gasteiger partial charge is 0.338 e. The van der Waals surface area contributed by atoms with Crippen molar-refractivity contribution in [1.29, 1.82) is 0 Å². The van der Waals surface area contributed by atoms with Gasteiger partial charge in [0, 0.05) is 25.2 Å². The Kier molecular flexibility index (Phi) is 2.19. The molecule has 4 heteroatoms. The van der Waals surface area contributed by atoms with Crippen LogP contribution in [0.2, 0.25) is 0 Å². The number of ether oxygens (including phenoxy) is 1. The fourth-order valence-corrected chi connectivity index (χ4v) is 1.52. The Balaban J connectivity index is 2.39. The van der Waals surface area contributed by atoms with Crippen LogP contribution in [0.4, 0.5) is 0 Å². The molecule has 0 fully saturated rings. The predicted octanol–water partition coefficient (Wildman–Crippen LogP) is 1.06. The van der Waals surface area contributed by atoms with E-state index in [1.165, 1.54) is 4.90 Å². The van der Waals surface area contributed by atoms with E-state index in [9.17, 15) is 9.59 Å². The van der Waals surface area contributed by atoms with Gasteiger partial charge in [-0.15, -0.1) is 0 Å². The minimum absolute atomic E-state index is 0.0721. The first kappa shape index (κ1) is 9.71. The number of hydrogen-bond acceptors (Lipinski definition) is 3. The van der Waals surface area contributed by atoms with E-state index in [0.717, 1.165) is 5.56 Å². The van der Waals surface area contributed by atoms with Crippen LogP contribution < -0.4 is 0 Å². The first-order valence-corrected chi connectivity index (χ1v) is 4.61. The number of benzene rings is 1. The van der Waals surface area contributed by atoms with Crippen LogP contribution in [-0.2, 0) is 11.3 Å². The minimum Gasteiger partial charge on any atom is -0.457 e. The van der Waals surface area contributed by atoms with Crippen LogP contribution in [0, 0.1) is 0 Å². The number of carbonyl (C=O) groups excluding carboxylic acids is 2. The Morgan fingerprint density at radius 1 is 1.40 bits per heavy atom. The normalized spacial score (nSPS) is 13.3. The summed E-state index contributed by atoms with van der Waals surface area (Å²) in [6.45, 7) is 0.267. The van der Waals surface area contributed by atoms with Gasteiger partial charge >= 0.3 is 5.97 Å². The molecule has 15 heavy (non-hydrogen) atoms. The van der Waals surface area contributed by atoms with E-state index < -0.39 is 0 Å². The summed E-state index contributed by atoms with van der Waals surface area (Å²) >= 11 is 0. The zero-order chi connectivity index (χ0) is 11.0. The van der Waals surface area contributed by atoms with Crippen molar-refractivity contribution >= 4 is 11.9 Å². The highest BCUT2D eigenvalue weighted by atomic mass is 16.5. The fourth-order valence-electron chi connectivity index (χ4n) is 1.52. The first-order valence-electron chi connectivity index (χ1n) is 4.61. The van der Waals surface area contributed by atoms with Gasteiger partial charge in [0.2, 0.25) is 0 Å². The Hall–Kier alpha value is -1.84. The Morgan fingerprint density at radius 2 is 2.13 bits per heavy atom. The van der Waals surface area contributed by atoms with E-state index in [1.807, 2.05) is 0 Å². The lowest BCUT2D eigenvalue weighted by Crippen LogP contribution is -2.21. The Bertz CT molecular complexity index is 437. The van der Waals surface area contributed by atoms with Crippen LogP contribution in [-0.4, -0.2) is 30.9 Å². The van der Waals surface area contributed by atoms with Gasteiger partial charge < -0.3 is 9.64 Å². The molecule has 1 amide bonds. The second kappa shape index (κ2) is 3.38. The molecule has 0 spiro atoms. The molecule has 0 aromatic heterocycles. The average molecular weight is 205 g/mol. The highest BCUT2D eigenvalue weighted by molar-refractivity contribution is 5.98. The lowest BCUT2D eigenvalue weighted by Gasteiger charge is -2.10. The molecule has 0 aliphatic carbocycles. The van der Waals surface area contributed by atoms with Gasteiger partial charge in [0.1, 0.15) is 6.61 Å². The highest BCUT2D eigenvalue weighted by Gasteiger charge is 2.22. The summed E-state index contributed by atoms with van der Waals surface area (Å²) < 4.78 is 4.85. The molecule has 0 bridgehead atoms. The Labute approximate surface area is 87.4 Å². The summed E-state index contributed by atoms with van der Waals surface area (Å²) in [4.78, 5) is 24.3. The molecule has 0 saturated heterocycles. The molecule has 2 rings (SSSR count). The van der Waals surface area contributed by atoms with Crippen LogP contribution in [0.15, 0.2) is 18.2 Å². The summed E-state index contributed by atoms with van der Waals surface area (Å²) in [7, 11) is 3.38. The molecule has 0 unspecified atom stereocenters. The maximum Gasteiger partial charge on any atom is 0.338 e. The van der Waals surface area contributed by atoms with Gasteiger partial charge in [0.05, 0.1) is 5.56 Å². The van der Waals surface area contributed by atoms with E-state index in [-0.39, 0.29) is 18.5 Å². The zero-order valence-corrected chi connectivity index (χ0v) is 8.61. The standard InChI is InChI=1S/C11H11NO3/c1-12(2)10(13)7-3-4-9-8(5-7)6-15-11(9)14/h3-5H,6H2,1-2H3. The second-order valence-corrected chi connectivity index (χ2v) is 3.65. The maximum atomic E-state index is 11.6. The van der Waals surface area contributed by atoms with Crippen molar-refractivity contribution in [2.75, 3.05) is 14.1 Å². The molecule has 1 heterocycles. The van der Waals surface area contributed by atoms with Gasteiger partial charge in [-0.25, -0.2) is 4.79 Å². The first-order chi connectivity index (χ1) is 7.09. The number of rotatable bonds is 1. The molecule has 78 valence electrons. The lowest BCUT2D eigenvalue weighted by atomic mass is 10.1. The van der Waals surface area contributed by atoms with E-state index >= 15 is 0 Å². The van der Waals surface area contributed by atoms with Gasteiger partial charge in [0.15, 0.2) is 0 Å². The van der Waals surface area contributed by atoms with Crippen molar-refractivity contribution in [2.45, 2.75) is 6.61 Å². The second-order valence-electron chi connectivity index (χ2n) is 3.65. The molecule has 0 N–H and O–H groups in total. The molecule has 1 aromatic carbocycles. The summed E-state index contributed by atoms with van der Waals surface area (Å²) in [6, 6.07) is 5.00. The molecule has 1 aromatic rings. The summed E-state index contributed by atoms with van der Waals surface area (Å²) in [5.74, 6) is -0.383. The average Bonchev–Trinajstić information content (AvgIpc) is 2.59. The zero-order valence-electron chi connectivity index (χ0n) is 8.61. The number of cyclic esters (lactones) is 1. The maximum absolute atomic E-state index is 11.6. The molecular formula is C11H11NO3. The quantitative estimate of drug-likeness (QED) is 0.644. The molecule has 0 radical (unpaired) electrons. The third-order valence-corrected chi connectivity index (χ3v) is 2.34. The summed E-state index contributed by atoms with van der Waals surface area (Å²) in [6.07, 6.45) is 0. The van der Waals surface area contributed by atoms with Gasteiger partial charge in [-0.1, -0.05) is 0 Å². The number of amides is 1. The van der Waals surface area contributed by atoms with E-state index in [2.05, 4.69) is 0 Å². The van der Waals surface area contributed by atoms with E-state index in [0.29, 0.717) is 11.1 Å². The number of nitrogens with zero attached hydrogens (tertiary/aromatic N) is 1. The van der Waals surface area contributed by atoms with Crippen molar-refractivity contribution in [3.05, 3.63) is 34.9 Å². The van der Waals surface area contributed by atoms with Crippen molar-refractivity contribution < 1.29 is 14.3 Å². The van der Waals surface area contributed by atoms with Crippen LogP contribution in [0.25, 0.3) is 0 Å². The molecule has 4 nitrogen and oxygen atoms in total. The van der Waals surface area contributed by atoms with Crippen molar-refractivity contribution in [2.24, 2.45) is 0 Å². The summed E-state index contributed by atoms with van der Waals surface area (Å²) in [5, 5.41) is 0. The minimum atomic E-state index is -0.311. The number of hydrogen-bond donors (Lipinski definition) is 0. The van der Waals surface area contributed by atoms with Gasteiger partial charge in [-0.3, -0.25) is 4.79 Å². The molecule has 1 aliphatic heterocycles. The van der Waals surface area contributed by atoms with E-state index in [4.69, 9.17) is 4.74 Å². The third-order valence-electron chi connectivity index (χ3n) is 2.34. The number of fused-ring (bicyclic) bond motifs is 1. The predicted molar refractivity (Wildman–Crippen MR) is 53.6 cm³/mol. The SMILES string of the molecule is CN(C)C(=O)c1ccc2c(c1)COC2=O. The van der Waals surface area contributed by atoms with Crippen LogP contribution in [0.3, 0.4) is 0 Å². The third kappa shape index (κ3) is 1.58. The van der Waals surface area contributed by atoms with Crippen LogP contribution >= 0.6 is 0 Å². The van der Waals surface area contributed by atoms with Gasteiger partial charge in [-0.2, -0.15) is 0 Å². The molecule has 0 atom stereocenters. The van der Waals surface area contributed by atoms with Gasteiger partial charge in [-0.05, 0) is 18.2 Å². The number of esters is 1. The molecule has 0 saturated carbocycles. The number of carbonyl (C=O) groups is 2. The molecule has 1 aliphatic rings. The van der Waals surface area contributed by atoms with Crippen molar-refractivity contribution in [1.82, 2.24) is 4.90 Å². The largest absolute Gasteiger partial charge is 0.457 e. The molecular weight excluding hydrogens is 194 g/mol. The highest BCUT2D eigenvalue weighted by Crippen LogP contribution is 2.21. The van der Waals surface area contributed by atoms with Crippen LogP contribution in [0.5, 0.6) is 0 Å². The fraction of sp³-hybridized carbons (Fsp3) is 0.273. The van der Waals surface area contributed by atoms with Crippen molar-refractivity contribution in [3.63, 3.8) is 0 Å². The van der Waals surface area contributed by atoms with Crippen LogP contribution in [0.1, 0.15) is 26.3 Å². The lowest BCUT2D eigenvalue weighted by molar-refractivity contribution is 0.0535. The topological polar surface area (TPSA) is 46.6 Å². The van der Waals surface area contributed by atoms with E-state index in [1.54, 1.807) is 32.3 Å². The van der Waals surface area contributed by atoms with Gasteiger partial charge in [0.25, 0.3) is 5.91 Å². The van der Waals surface area contributed by atoms with Crippen molar-refractivity contribution in [3.8, 4) is 0 Å². The monoisotopic (exact) mass is 205 g/mol. The summed E-state index contributed by atoms with van der Waals surface area (Å²) in [5.41, 5.74) is 1.93.